The Morgan fingerprint density at radius 3 is 3.00 bits per heavy atom. The third-order valence-corrected chi connectivity index (χ3v) is 3.00. The third-order valence-electron chi connectivity index (χ3n) is 2.50. The Balaban J connectivity index is 2.09. The molecule has 20 heavy (non-hydrogen) atoms. The van der Waals surface area contributed by atoms with Crippen LogP contribution in [0, 0.1) is 5.82 Å². The number of H-pyrrole nitrogens is 1. The van der Waals surface area contributed by atoms with Crippen molar-refractivity contribution in [3.8, 4) is 11.6 Å². The van der Waals surface area contributed by atoms with Gasteiger partial charge in [-0.25, -0.2) is 10.2 Å². The quantitative estimate of drug-likeness (QED) is 0.500. The maximum Gasteiger partial charge on any atom is 0.242 e. The van der Waals surface area contributed by atoms with Crippen LogP contribution >= 0.6 is 15.9 Å². The van der Waals surface area contributed by atoms with Crippen LogP contribution in [0.3, 0.4) is 0 Å². The highest BCUT2D eigenvalue weighted by Gasteiger charge is 2.13. The van der Waals surface area contributed by atoms with Crippen molar-refractivity contribution in [3.63, 3.8) is 0 Å². The summed E-state index contributed by atoms with van der Waals surface area (Å²) >= 11 is 3.25. The number of nitrogens with one attached hydrogen (secondary N) is 2. The van der Waals surface area contributed by atoms with Crippen molar-refractivity contribution in [1.82, 2.24) is 20.2 Å². The van der Waals surface area contributed by atoms with Crippen molar-refractivity contribution in [1.29, 1.82) is 0 Å². The number of benzene rings is 1. The predicted molar refractivity (Wildman–Crippen MR) is 73.7 cm³/mol. The first kappa shape index (κ1) is 12.8. The molecule has 2 aromatic heterocycles. The number of aromatic nitrogens is 4. The summed E-state index contributed by atoms with van der Waals surface area (Å²) in [5, 5.41) is 7.02. The summed E-state index contributed by atoms with van der Waals surface area (Å²) in [5.74, 6) is 5.08. The summed E-state index contributed by atoms with van der Waals surface area (Å²) in [5.41, 5.74) is 2.74. The van der Waals surface area contributed by atoms with E-state index in [0.29, 0.717) is 15.5 Å². The van der Waals surface area contributed by atoms with E-state index in [1.807, 2.05) is 0 Å². The number of hydrazine groups is 1. The van der Waals surface area contributed by atoms with E-state index in [9.17, 15) is 4.39 Å². The predicted octanol–water partition coefficient (Wildman–Crippen LogP) is 2.33. The van der Waals surface area contributed by atoms with Gasteiger partial charge in [-0.15, -0.1) is 0 Å². The first-order valence-electron chi connectivity index (χ1n) is 5.48. The second-order valence-corrected chi connectivity index (χ2v) is 4.72. The van der Waals surface area contributed by atoms with Gasteiger partial charge >= 0.3 is 0 Å². The van der Waals surface area contributed by atoms with Crippen LogP contribution < -0.4 is 16.0 Å². The number of hydrogen-bond acceptors (Lipinski definition) is 6. The van der Waals surface area contributed by atoms with Crippen LogP contribution in [-0.4, -0.2) is 20.2 Å². The Morgan fingerprint density at radius 1 is 1.35 bits per heavy atom. The van der Waals surface area contributed by atoms with Gasteiger partial charge in [0.25, 0.3) is 0 Å². The average molecular weight is 339 g/mol. The van der Waals surface area contributed by atoms with Crippen molar-refractivity contribution in [2.24, 2.45) is 5.84 Å². The van der Waals surface area contributed by atoms with Gasteiger partial charge in [-0.1, -0.05) is 15.9 Å². The fourth-order valence-electron chi connectivity index (χ4n) is 1.61. The molecule has 0 saturated carbocycles. The van der Waals surface area contributed by atoms with Crippen LogP contribution in [0.15, 0.2) is 28.9 Å². The van der Waals surface area contributed by atoms with Crippen molar-refractivity contribution in [3.05, 3.63) is 34.7 Å². The minimum atomic E-state index is -0.509. The van der Waals surface area contributed by atoms with E-state index in [4.69, 9.17) is 10.6 Å². The van der Waals surface area contributed by atoms with Gasteiger partial charge in [-0.2, -0.15) is 15.1 Å². The lowest BCUT2D eigenvalue weighted by molar-refractivity contribution is 0.432. The Kier molecular flexibility index (Phi) is 3.20. The van der Waals surface area contributed by atoms with Crippen LogP contribution in [0.25, 0.3) is 11.0 Å². The minimum Gasteiger partial charge on any atom is -0.435 e. The molecule has 9 heteroatoms. The number of nitrogens with zero attached hydrogens (tertiary/aromatic N) is 3. The van der Waals surface area contributed by atoms with Gasteiger partial charge in [0.1, 0.15) is 5.39 Å². The van der Waals surface area contributed by atoms with Crippen LogP contribution in [-0.2, 0) is 0 Å². The van der Waals surface area contributed by atoms with Gasteiger partial charge in [0.15, 0.2) is 17.2 Å². The van der Waals surface area contributed by atoms with Crippen LogP contribution in [0.1, 0.15) is 0 Å². The maximum atomic E-state index is 13.7. The number of nitrogen functional groups attached to an aromatic ring is 1. The Morgan fingerprint density at radius 2 is 2.20 bits per heavy atom. The molecule has 0 fully saturated rings. The molecule has 0 unspecified atom stereocenters. The van der Waals surface area contributed by atoms with Crippen molar-refractivity contribution >= 4 is 32.9 Å². The first-order chi connectivity index (χ1) is 9.67. The monoisotopic (exact) mass is 338 g/mol. The number of halogens is 2. The summed E-state index contributed by atoms with van der Waals surface area (Å²) in [6.07, 6.45) is 1.49. The van der Waals surface area contributed by atoms with Gasteiger partial charge in [-0.05, 0) is 18.2 Å². The highest BCUT2D eigenvalue weighted by molar-refractivity contribution is 9.10. The molecule has 0 bridgehead atoms. The molecule has 0 atom stereocenters. The lowest BCUT2D eigenvalue weighted by Gasteiger charge is -2.08. The molecule has 0 aliphatic carbocycles. The molecule has 0 aliphatic heterocycles. The molecule has 7 nitrogen and oxygen atoms in total. The normalized spacial score (nSPS) is 10.8. The summed E-state index contributed by atoms with van der Waals surface area (Å²) in [6.45, 7) is 0. The van der Waals surface area contributed by atoms with E-state index in [-0.39, 0.29) is 17.6 Å². The molecular formula is C11H8BrFN6O. The lowest BCUT2D eigenvalue weighted by Crippen LogP contribution is -2.11. The van der Waals surface area contributed by atoms with Gasteiger partial charge in [0.05, 0.1) is 6.20 Å². The van der Waals surface area contributed by atoms with Gasteiger partial charge < -0.3 is 4.74 Å². The van der Waals surface area contributed by atoms with Crippen molar-refractivity contribution in [2.75, 3.05) is 5.43 Å². The number of hydrogen-bond donors (Lipinski definition) is 3. The van der Waals surface area contributed by atoms with Crippen LogP contribution in [0.5, 0.6) is 11.6 Å². The zero-order valence-electron chi connectivity index (χ0n) is 9.89. The lowest BCUT2D eigenvalue weighted by atomic mass is 10.3. The summed E-state index contributed by atoms with van der Waals surface area (Å²) in [6, 6.07) is 4.36. The second kappa shape index (κ2) is 5.02. The van der Waals surface area contributed by atoms with E-state index in [2.05, 4.69) is 41.5 Å². The summed E-state index contributed by atoms with van der Waals surface area (Å²) in [7, 11) is 0. The molecule has 3 rings (SSSR count). The number of ether oxygens (including phenoxy) is 1. The smallest absolute Gasteiger partial charge is 0.242 e. The second-order valence-electron chi connectivity index (χ2n) is 3.81. The molecule has 1 aromatic carbocycles. The maximum absolute atomic E-state index is 13.7. The first-order valence-corrected chi connectivity index (χ1v) is 6.27. The summed E-state index contributed by atoms with van der Waals surface area (Å²) in [4.78, 5) is 8.09. The van der Waals surface area contributed by atoms with E-state index >= 15 is 0 Å². The molecule has 4 N–H and O–H groups in total. The molecule has 0 saturated heterocycles. The summed E-state index contributed by atoms with van der Waals surface area (Å²) < 4.78 is 19.9. The van der Waals surface area contributed by atoms with Crippen LogP contribution in [0.2, 0.25) is 0 Å². The molecular weight excluding hydrogens is 331 g/mol. The zero-order valence-corrected chi connectivity index (χ0v) is 11.5. The number of anilines is 1. The topological polar surface area (TPSA) is 102 Å². The average Bonchev–Trinajstić information content (AvgIpc) is 2.91. The number of fused-ring (bicyclic) bond motifs is 1. The van der Waals surface area contributed by atoms with Crippen molar-refractivity contribution < 1.29 is 9.13 Å². The largest absolute Gasteiger partial charge is 0.435 e. The number of nitrogens with two attached hydrogens (primary N) is 1. The van der Waals surface area contributed by atoms with E-state index in [1.165, 1.54) is 18.3 Å². The Hall–Kier alpha value is -2.26. The third kappa shape index (κ3) is 2.28. The van der Waals surface area contributed by atoms with Gasteiger partial charge in [0.2, 0.25) is 11.8 Å². The standard InChI is InChI=1S/C11H8BrFN6O/c12-5-1-2-7(13)8(3-5)20-10-6-4-15-19-9(6)16-11(17-10)18-14/h1-4H,14H2,(H2,15,16,17,18,19). The molecule has 3 aromatic rings. The molecule has 2 heterocycles. The molecule has 0 amide bonds. The number of rotatable bonds is 3. The zero-order chi connectivity index (χ0) is 14.1. The highest BCUT2D eigenvalue weighted by atomic mass is 79.9. The van der Waals surface area contributed by atoms with Crippen LogP contribution in [0.4, 0.5) is 10.3 Å². The van der Waals surface area contributed by atoms with Gasteiger partial charge in [0, 0.05) is 4.47 Å². The van der Waals surface area contributed by atoms with Gasteiger partial charge in [-0.3, -0.25) is 10.5 Å². The molecule has 0 spiro atoms. The SMILES string of the molecule is NNc1nc(Oc2cc(Br)ccc2F)c2cn[nH]c2n1. The van der Waals surface area contributed by atoms with E-state index in [1.54, 1.807) is 6.07 Å². The fourth-order valence-corrected chi connectivity index (χ4v) is 1.95. The molecule has 102 valence electrons. The Labute approximate surface area is 120 Å². The molecule has 0 radical (unpaired) electrons. The molecule has 0 aliphatic rings. The number of aromatic amines is 1. The minimum absolute atomic E-state index is 0.0311. The van der Waals surface area contributed by atoms with E-state index < -0.39 is 5.82 Å². The van der Waals surface area contributed by atoms with E-state index in [0.717, 1.165) is 0 Å². The highest BCUT2D eigenvalue weighted by Crippen LogP contribution is 2.30. The Bertz CT molecular complexity index is 777. The van der Waals surface area contributed by atoms with Crippen molar-refractivity contribution in [2.45, 2.75) is 0 Å². The fraction of sp³-hybridized carbons (Fsp3) is 0.